The van der Waals surface area contributed by atoms with Crippen molar-refractivity contribution >= 4 is 0 Å². The molecule has 2 heteroatoms. The monoisotopic (exact) mass is 306 g/mol. The molecular weight excluding hydrogens is 280 g/mol. The van der Waals surface area contributed by atoms with Gasteiger partial charge in [0.15, 0.2) is 0 Å². The summed E-state index contributed by atoms with van der Waals surface area (Å²) >= 11 is 0. The first-order valence-electron chi connectivity index (χ1n) is 8.91. The first kappa shape index (κ1) is 14.9. The average molecular weight is 306 g/mol. The molecule has 1 fully saturated rings. The first-order valence-corrected chi connectivity index (χ1v) is 8.91. The summed E-state index contributed by atoms with van der Waals surface area (Å²) in [7, 11) is 0. The van der Waals surface area contributed by atoms with E-state index in [1.807, 2.05) is 0 Å². The molecule has 2 aromatic rings. The second-order valence-corrected chi connectivity index (χ2v) is 7.05. The summed E-state index contributed by atoms with van der Waals surface area (Å²) in [6.07, 6.45) is 2.45. The summed E-state index contributed by atoms with van der Waals surface area (Å²) in [5.74, 6) is 0. The van der Waals surface area contributed by atoms with Gasteiger partial charge in [0, 0.05) is 26.2 Å². The van der Waals surface area contributed by atoms with Crippen LogP contribution in [0.1, 0.15) is 36.5 Å². The Kier molecular flexibility index (Phi) is 3.96. The molecule has 0 spiro atoms. The zero-order chi connectivity index (χ0) is 15.7. The second-order valence-electron chi connectivity index (χ2n) is 7.05. The molecule has 2 atom stereocenters. The third kappa shape index (κ3) is 2.60. The SMILES string of the molecule is CCCN1Cc2ccccc2CN2CCC1(c1ccccc1)C2. The molecule has 2 nitrogen and oxygen atoms in total. The highest BCUT2D eigenvalue weighted by Gasteiger charge is 2.45. The molecule has 2 unspecified atom stereocenters. The number of hydrogen-bond donors (Lipinski definition) is 0. The lowest BCUT2D eigenvalue weighted by Crippen LogP contribution is -2.49. The third-order valence-corrected chi connectivity index (χ3v) is 5.61. The standard InChI is InChI=1S/C21H26N2/c1-2-13-23-16-19-9-7-6-8-18(19)15-22-14-12-21(23,17-22)20-10-4-3-5-11-20/h3-11H,2,12-17H2,1H3. The van der Waals surface area contributed by atoms with E-state index in [0.717, 1.165) is 26.2 Å². The van der Waals surface area contributed by atoms with Gasteiger partial charge in [-0.15, -0.1) is 0 Å². The van der Waals surface area contributed by atoms with E-state index in [-0.39, 0.29) is 5.54 Å². The highest BCUT2D eigenvalue weighted by atomic mass is 15.3. The second kappa shape index (κ2) is 6.10. The molecule has 2 aliphatic rings. The number of hydrogen-bond acceptors (Lipinski definition) is 2. The summed E-state index contributed by atoms with van der Waals surface area (Å²) in [4.78, 5) is 5.40. The van der Waals surface area contributed by atoms with Crippen molar-refractivity contribution in [3.8, 4) is 0 Å². The van der Waals surface area contributed by atoms with Gasteiger partial charge in [0.2, 0.25) is 0 Å². The average Bonchev–Trinajstić information content (AvgIpc) is 3.02. The van der Waals surface area contributed by atoms with Crippen LogP contribution in [0, 0.1) is 0 Å². The van der Waals surface area contributed by atoms with E-state index in [0.29, 0.717) is 0 Å². The minimum atomic E-state index is 0.185. The summed E-state index contributed by atoms with van der Waals surface area (Å²) in [6, 6.07) is 20.2. The van der Waals surface area contributed by atoms with Crippen molar-refractivity contribution < 1.29 is 0 Å². The Morgan fingerprint density at radius 2 is 1.61 bits per heavy atom. The van der Waals surface area contributed by atoms with Crippen molar-refractivity contribution in [1.29, 1.82) is 0 Å². The third-order valence-electron chi connectivity index (χ3n) is 5.61. The Labute approximate surface area is 139 Å². The maximum atomic E-state index is 2.75. The predicted octanol–water partition coefficient (Wildman–Crippen LogP) is 4.01. The maximum absolute atomic E-state index is 2.75. The van der Waals surface area contributed by atoms with Crippen LogP contribution in [-0.4, -0.2) is 29.4 Å². The van der Waals surface area contributed by atoms with Crippen molar-refractivity contribution in [3.05, 3.63) is 71.3 Å². The summed E-state index contributed by atoms with van der Waals surface area (Å²) < 4.78 is 0. The molecular formula is C21H26N2. The molecule has 0 aromatic heterocycles. The Bertz CT molecular complexity index is 667. The number of nitrogens with zero attached hydrogens (tertiary/aromatic N) is 2. The Balaban J connectivity index is 1.80. The molecule has 1 saturated heterocycles. The van der Waals surface area contributed by atoms with Crippen LogP contribution >= 0.6 is 0 Å². The van der Waals surface area contributed by atoms with E-state index >= 15 is 0 Å². The van der Waals surface area contributed by atoms with E-state index in [2.05, 4.69) is 71.3 Å². The molecule has 0 saturated carbocycles. The van der Waals surface area contributed by atoms with Crippen LogP contribution in [0.25, 0.3) is 0 Å². The van der Waals surface area contributed by atoms with Crippen LogP contribution < -0.4 is 0 Å². The first-order chi connectivity index (χ1) is 11.3. The molecule has 2 bridgehead atoms. The zero-order valence-corrected chi connectivity index (χ0v) is 14.0. The van der Waals surface area contributed by atoms with Crippen molar-refractivity contribution in [1.82, 2.24) is 9.80 Å². The van der Waals surface area contributed by atoms with Crippen LogP contribution in [0.5, 0.6) is 0 Å². The number of benzene rings is 2. The van der Waals surface area contributed by atoms with E-state index in [9.17, 15) is 0 Å². The Morgan fingerprint density at radius 1 is 0.913 bits per heavy atom. The minimum absolute atomic E-state index is 0.185. The maximum Gasteiger partial charge on any atom is 0.0603 e. The van der Waals surface area contributed by atoms with Gasteiger partial charge in [-0.1, -0.05) is 61.5 Å². The van der Waals surface area contributed by atoms with Crippen LogP contribution in [0.15, 0.2) is 54.6 Å². The van der Waals surface area contributed by atoms with E-state index in [1.165, 1.54) is 36.1 Å². The highest BCUT2D eigenvalue weighted by Crippen LogP contribution is 2.41. The Hall–Kier alpha value is -1.64. The fourth-order valence-corrected chi connectivity index (χ4v) is 4.46. The highest BCUT2D eigenvalue weighted by molar-refractivity contribution is 5.32. The topological polar surface area (TPSA) is 6.48 Å². The van der Waals surface area contributed by atoms with E-state index in [1.54, 1.807) is 0 Å². The van der Waals surface area contributed by atoms with Gasteiger partial charge in [-0.2, -0.15) is 0 Å². The zero-order valence-electron chi connectivity index (χ0n) is 14.0. The number of fused-ring (bicyclic) bond motifs is 3. The van der Waals surface area contributed by atoms with Crippen molar-refractivity contribution in [2.45, 2.75) is 38.4 Å². The van der Waals surface area contributed by atoms with Crippen LogP contribution in [0.4, 0.5) is 0 Å². The van der Waals surface area contributed by atoms with Gasteiger partial charge < -0.3 is 0 Å². The molecule has 0 radical (unpaired) electrons. The fourth-order valence-electron chi connectivity index (χ4n) is 4.46. The van der Waals surface area contributed by atoms with Crippen LogP contribution in [-0.2, 0) is 18.6 Å². The smallest absolute Gasteiger partial charge is 0.0603 e. The predicted molar refractivity (Wildman–Crippen MR) is 95.2 cm³/mol. The molecule has 2 aromatic carbocycles. The van der Waals surface area contributed by atoms with Gasteiger partial charge in [-0.25, -0.2) is 0 Å². The van der Waals surface area contributed by atoms with Crippen LogP contribution in [0.2, 0.25) is 0 Å². The molecule has 0 amide bonds. The lowest BCUT2D eigenvalue weighted by molar-refractivity contribution is 0.0750. The largest absolute Gasteiger partial charge is 0.297 e. The summed E-state index contributed by atoms with van der Waals surface area (Å²) in [5, 5.41) is 0. The lowest BCUT2D eigenvalue weighted by Gasteiger charge is -2.43. The van der Waals surface area contributed by atoms with Crippen molar-refractivity contribution in [2.75, 3.05) is 19.6 Å². The fraction of sp³-hybridized carbons (Fsp3) is 0.429. The quantitative estimate of drug-likeness (QED) is 0.845. The molecule has 120 valence electrons. The number of rotatable bonds is 3. The minimum Gasteiger partial charge on any atom is -0.297 e. The van der Waals surface area contributed by atoms with Gasteiger partial charge in [0.1, 0.15) is 0 Å². The normalized spacial score (nSPS) is 27.3. The van der Waals surface area contributed by atoms with E-state index in [4.69, 9.17) is 0 Å². The summed E-state index contributed by atoms with van der Waals surface area (Å²) in [6.45, 7) is 8.00. The van der Waals surface area contributed by atoms with Crippen molar-refractivity contribution in [2.24, 2.45) is 0 Å². The molecule has 0 aliphatic carbocycles. The lowest BCUT2D eigenvalue weighted by atomic mass is 9.85. The van der Waals surface area contributed by atoms with Gasteiger partial charge in [-0.3, -0.25) is 9.80 Å². The van der Waals surface area contributed by atoms with Gasteiger partial charge in [0.25, 0.3) is 0 Å². The molecule has 2 aliphatic heterocycles. The molecule has 0 N–H and O–H groups in total. The van der Waals surface area contributed by atoms with Gasteiger partial charge in [-0.05, 0) is 36.1 Å². The van der Waals surface area contributed by atoms with E-state index < -0.39 is 0 Å². The van der Waals surface area contributed by atoms with Crippen molar-refractivity contribution in [3.63, 3.8) is 0 Å². The van der Waals surface area contributed by atoms with Gasteiger partial charge in [0.05, 0.1) is 5.54 Å². The molecule has 4 rings (SSSR count). The molecule has 23 heavy (non-hydrogen) atoms. The molecule has 2 heterocycles. The Morgan fingerprint density at radius 3 is 2.35 bits per heavy atom. The van der Waals surface area contributed by atoms with Gasteiger partial charge >= 0.3 is 0 Å². The summed E-state index contributed by atoms with van der Waals surface area (Å²) in [5.41, 5.74) is 4.70. The van der Waals surface area contributed by atoms with Crippen LogP contribution in [0.3, 0.4) is 0 Å².